The molecule has 0 fully saturated rings. The molecule has 1 aromatic heterocycles. The number of nitrogens with zero attached hydrogens (tertiary/aromatic N) is 4. The first-order valence-corrected chi connectivity index (χ1v) is 9.05. The number of ether oxygens (including phenoxy) is 2. The number of nitrogens with one attached hydrogen (secondary N) is 2. The van der Waals surface area contributed by atoms with Crippen LogP contribution in [-0.4, -0.2) is 28.9 Å². The number of aromatic nitrogens is 1. The Kier molecular flexibility index (Phi) is 6.31. The maximum atomic E-state index is 11.3. The molecule has 0 spiro atoms. The largest absolute Gasteiger partial charge is 0.453 e. The third-order valence-corrected chi connectivity index (χ3v) is 4.29. The molecule has 0 aliphatic rings. The summed E-state index contributed by atoms with van der Waals surface area (Å²) in [5.74, 6) is 0.138. The minimum absolute atomic E-state index is 0.0448. The van der Waals surface area contributed by atoms with Gasteiger partial charge in [-0.15, -0.1) is 0 Å². The van der Waals surface area contributed by atoms with Crippen molar-refractivity contribution in [2.75, 3.05) is 24.7 Å². The summed E-state index contributed by atoms with van der Waals surface area (Å²) in [6.07, 6.45) is 1.31. The van der Waals surface area contributed by atoms with E-state index in [0.29, 0.717) is 5.69 Å². The van der Waals surface area contributed by atoms with Crippen molar-refractivity contribution >= 4 is 22.7 Å². The number of nitriles is 1. The van der Waals surface area contributed by atoms with Crippen molar-refractivity contribution in [2.45, 2.75) is 0 Å². The van der Waals surface area contributed by atoms with E-state index in [1.54, 1.807) is 14.1 Å². The monoisotopic (exact) mass is 436 g/mol. The van der Waals surface area contributed by atoms with Gasteiger partial charge in [0.15, 0.2) is 11.4 Å². The van der Waals surface area contributed by atoms with Gasteiger partial charge in [0.1, 0.15) is 28.9 Å². The lowest BCUT2D eigenvalue weighted by atomic mass is 10.2. The van der Waals surface area contributed by atoms with E-state index in [2.05, 4.69) is 15.6 Å². The molecule has 0 aliphatic heterocycles. The summed E-state index contributed by atoms with van der Waals surface area (Å²) < 4.78 is 11.5. The summed E-state index contributed by atoms with van der Waals surface area (Å²) in [4.78, 5) is 25.4. The average molecular weight is 436 g/mol. The SMILES string of the molecule is CNc1ccc(Oc2ccnc(C#N)c2Oc2ccc(NC)c([N+](=O)[O-])c2)cc1[N+](=O)[O-]. The van der Waals surface area contributed by atoms with E-state index in [1.165, 1.54) is 48.7 Å². The van der Waals surface area contributed by atoms with Crippen LogP contribution in [0.2, 0.25) is 0 Å². The average Bonchev–Trinajstić information content (AvgIpc) is 2.79. The molecular weight excluding hydrogens is 420 g/mol. The maximum Gasteiger partial charge on any atom is 0.296 e. The standard InChI is InChI=1S/C20H16N6O6/c1-22-14-5-3-12(9-17(14)25(27)28)31-19-7-8-24-16(11-21)20(19)32-13-4-6-15(23-2)18(10-13)26(29)30/h3-10,22-23H,1-2H3. The molecule has 0 radical (unpaired) electrons. The zero-order valence-electron chi connectivity index (χ0n) is 16.9. The number of anilines is 2. The lowest BCUT2D eigenvalue weighted by Gasteiger charge is -2.14. The van der Waals surface area contributed by atoms with Gasteiger partial charge in [-0.25, -0.2) is 4.98 Å². The Labute approximate surface area is 181 Å². The Morgan fingerprint density at radius 2 is 1.44 bits per heavy atom. The molecule has 0 unspecified atom stereocenters. The second kappa shape index (κ2) is 9.26. The zero-order chi connectivity index (χ0) is 23.3. The molecule has 3 rings (SSSR count). The first-order chi connectivity index (χ1) is 15.4. The van der Waals surface area contributed by atoms with Crippen LogP contribution in [0.15, 0.2) is 48.7 Å². The van der Waals surface area contributed by atoms with Crippen molar-refractivity contribution < 1.29 is 19.3 Å². The molecule has 2 N–H and O–H groups in total. The summed E-state index contributed by atoms with van der Waals surface area (Å²) in [6.45, 7) is 0. The Morgan fingerprint density at radius 3 is 1.91 bits per heavy atom. The third-order valence-electron chi connectivity index (χ3n) is 4.29. The third kappa shape index (κ3) is 4.46. The van der Waals surface area contributed by atoms with Gasteiger partial charge in [0.2, 0.25) is 5.75 Å². The van der Waals surface area contributed by atoms with Crippen LogP contribution in [0.1, 0.15) is 5.69 Å². The zero-order valence-corrected chi connectivity index (χ0v) is 16.9. The lowest BCUT2D eigenvalue weighted by molar-refractivity contribution is -0.384. The fraction of sp³-hybridized carbons (Fsp3) is 0.100. The van der Waals surface area contributed by atoms with Gasteiger partial charge in [-0.2, -0.15) is 5.26 Å². The van der Waals surface area contributed by atoms with Gasteiger partial charge >= 0.3 is 0 Å². The predicted molar refractivity (Wildman–Crippen MR) is 114 cm³/mol. The van der Waals surface area contributed by atoms with E-state index in [0.717, 1.165) is 0 Å². The molecule has 0 saturated carbocycles. The molecule has 0 aliphatic carbocycles. The molecule has 32 heavy (non-hydrogen) atoms. The van der Waals surface area contributed by atoms with E-state index in [-0.39, 0.29) is 45.8 Å². The summed E-state index contributed by atoms with van der Waals surface area (Å²) >= 11 is 0. The number of hydrogen-bond donors (Lipinski definition) is 2. The highest BCUT2D eigenvalue weighted by molar-refractivity contribution is 5.65. The molecule has 162 valence electrons. The molecule has 2 aromatic carbocycles. The molecule has 12 nitrogen and oxygen atoms in total. The lowest BCUT2D eigenvalue weighted by Crippen LogP contribution is -2.00. The topological polar surface area (TPSA) is 165 Å². The van der Waals surface area contributed by atoms with Crippen LogP contribution in [-0.2, 0) is 0 Å². The van der Waals surface area contributed by atoms with E-state index in [1.807, 2.05) is 6.07 Å². The van der Waals surface area contributed by atoms with Crippen LogP contribution in [0.4, 0.5) is 22.7 Å². The van der Waals surface area contributed by atoms with Crippen LogP contribution < -0.4 is 20.1 Å². The molecule has 0 saturated heterocycles. The summed E-state index contributed by atoms with van der Waals surface area (Å²) in [5.41, 5.74) is 0.00305. The second-order valence-corrected chi connectivity index (χ2v) is 6.17. The Morgan fingerprint density at radius 1 is 0.906 bits per heavy atom. The molecule has 12 heteroatoms. The highest BCUT2D eigenvalue weighted by atomic mass is 16.6. The van der Waals surface area contributed by atoms with E-state index >= 15 is 0 Å². The van der Waals surface area contributed by atoms with E-state index in [9.17, 15) is 25.5 Å². The normalized spacial score (nSPS) is 10.0. The Balaban J connectivity index is 2.02. The first-order valence-electron chi connectivity index (χ1n) is 9.05. The van der Waals surface area contributed by atoms with Crippen molar-refractivity contribution in [2.24, 2.45) is 0 Å². The molecule has 3 aromatic rings. The van der Waals surface area contributed by atoms with Crippen LogP contribution in [0, 0.1) is 31.6 Å². The Hall–Kier alpha value is -4.92. The van der Waals surface area contributed by atoms with Crippen LogP contribution in [0.3, 0.4) is 0 Å². The minimum atomic E-state index is -0.576. The fourth-order valence-electron chi connectivity index (χ4n) is 2.81. The molecule has 0 amide bonds. The second-order valence-electron chi connectivity index (χ2n) is 6.17. The maximum absolute atomic E-state index is 11.3. The van der Waals surface area contributed by atoms with Gasteiger partial charge in [-0.05, 0) is 24.3 Å². The van der Waals surface area contributed by atoms with Crippen molar-refractivity contribution in [3.8, 4) is 29.1 Å². The quantitative estimate of drug-likeness (QED) is 0.381. The van der Waals surface area contributed by atoms with Gasteiger partial charge < -0.3 is 20.1 Å². The minimum Gasteiger partial charge on any atom is -0.453 e. The van der Waals surface area contributed by atoms with Gasteiger partial charge in [0.05, 0.1) is 22.0 Å². The van der Waals surface area contributed by atoms with Crippen LogP contribution in [0.25, 0.3) is 0 Å². The fourth-order valence-corrected chi connectivity index (χ4v) is 2.81. The van der Waals surface area contributed by atoms with Gasteiger partial charge in [0.25, 0.3) is 11.4 Å². The van der Waals surface area contributed by atoms with Crippen LogP contribution in [0.5, 0.6) is 23.0 Å². The number of pyridine rings is 1. The van der Waals surface area contributed by atoms with Gasteiger partial charge in [-0.3, -0.25) is 20.2 Å². The summed E-state index contributed by atoms with van der Waals surface area (Å²) in [7, 11) is 3.09. The summed E-state index contributed by atoms with van der Waals surface area (Å²) in [5, 5.41) is 37.5. The predicted octanol–water partition coefficient (Wildman–Crippen LogP) is 4.44. The van der Waals surface area contributed by atoms with E-state index in [4.69, 9.17) is 9.47 Å². The molecule has 0 atom stereocenters. The van der Waals surface area contributed by atoms with Crippen molar-refractivity contribution in [1.29, 1.82) is 5.26 Å². The highest BCUT2D eigenvalue weighted by Gasteiger charge is 2.20. The number of nitro benzene ring substituents is 2. The number of rotatable bonds is 8. The molecular formula is C20H16N6O6. The van der Waals surface area contributed by atoms with Crippen LogP contribution >= 0.6 is 0 Å². The Bertz CT molecular complexity index is 1240. The highest BCUT2D eigenvalue weighted by Crippen LogP contribution is 2.40. The number of hydrogen-bond acceptors (Lipinski definition) is 10. The number of nitro groups is 2. The van der Waals surface area contributed by atoms with Gasteiger partial charge in [0, 0.05) is 26.4 Å². The van der Waals surface area contributed by atoms with Crippen molar-refractivity contribution in [3.63, 3.8) is 0 Å². The molecule has 0 bridgehead atoms. The van der Waals surface area contributed by atoms with Gasteiger partial charge in [-0.1, -0.05) is 0 Å². The molecule has 1 heterocycles. The first kappa shape index (κ1) is 21.8. The van der Waals surface area contributed by atoms with E-state index < -0.39 is 9.85 Å². The smallest absolute Gasteiger partial charge is 0.296 e. The van der Waals surface area contributed by atoms with Crippen molar-refractivity contribution in [1.82, 2.24) is 4.98 Å². The number of benzene rings is 2. The summed E-state index contributed by atoms with van der Waals surface area (Å²) in [6, 6.07) is 11.6. The van der Waals surface area contributed by atoms with Crippen molar-refractivity contribution in [3.05, 3.63) is 74.6 Å².